The van der Waals surface area contributed by atoms with Gasteiger partial charge in [-0.25, -0.2) is 17.9 Å². The Kier molecular flexibility index (Phi) is 7.38. The Labute approximate surface area is 160 Å². The lowest BCUT2D eigenvalue weighted by Gasteiger charge is -2.29. The highest BCUT2D eigenvalue weighted by atomic mass is 32.2. The van der Waals surface area contributed by atoms with Crippen LogP contribution in [0.1, 0.15) is 56.8 Å². The Morgan fingerprint density at radius 3 is 2.59 bits per heavy atom. The summed E-state index contributed by atoms with van der Waals surface area (Å²) in [6.45, 7) is 5.14. The third-order valence-corrected chi connectivity index (χ3v) is 6.22. The van der Waals surface area contributed by atoms with E-state index in [1.807, 2.05) is 0 Å². The maximum atomic E-state index is 12.2. The molecule has 1 aliphatic rings. The van der Waals surface area contributed by atoms with Crippen LogP contribution in [0.2, 0.25) is 0 Å². The summed E-state index contributed by atoms with van der Waals surface area (Å²) in [6.07, 6.45) is 4.27. The second kappa shape index (κ2) is 9.32. The number of sulfonamides is 1. The highest BCUT2D eigenvalue weighted by molar-refractivity contribution is 7.89. The highest BCUT2D eigenvalue weighted by Gasteiger charge is 2.23. The lowest BCUT2D eigenvalue weighted by atomic mass is 9.86. The van der Waals surface area contributed by atoms with Gasteiger partial charge in [-0.15, -0.1) is 0 Å². The van der Waals surface area contributed by atoms with E-state index < -0.39 is 16.0 Å². The largest absolute Gasteiger partial charge is 0.452 e. The molecule has 2 rings (SSSR count). The van der Waals surface area contributed by atoms with Crippen molar-refractivity contribution in [3.05, 3.63) is 29.8 Å². The quantitative estimate of drug-likeness (QED) is 0.688. The lowest BCUT2D eigenvalue weighted by molar-refractivity contribution is -0.125. The van der Waals surface area contributed by atoms with Crippen molar-refractivity contribution in [2.45, 2.75) is 63.4 Å². The van der Waals surface area contributed by atoms with Crippen LogP contribution in [0, 0.1) is 5.92 Å². The van der Waals surface area contributed by atoms with Crippen molar-refractivity contribution in [1.82, 2.24) is 10.0 Å². The van der Waals surface area contributed by atoms with Gasteiger partial charge in [0, 0.05) is 12.1 Å². The number of rotatable bonds is 7. The van der Waals surface area contributed by atoms with Crippen LogP contribution in [-0.2, 0) is 19.6 Å². The summed E-state index contributed by atoms with van der Waals surface area (Å²) in [5.74, 6) is -0.662. The van der Waals surface area contributed by atoms with Crippen molar-refractivity contribution in [2.24, 2.45) is 5.92 Å². The molecule has 1 fully saturated rings. The molecule has 8 heteroatoms. The average molecular weight is 397 g/mol. The molecule has 0 radical (unpaired) electrons. The monoisotopic (exact) mass is 396 g/mol. The standard InChI is InChI=1S/C19H28N2O5S/c1-13(2)21-27(24,25)16-9-6-8-15(11-16)19(23)26-12-18(22)20-17-10-5-4-7-14(17)3/h6,8-9,11,13-14,17,21H,4-5,7,10,12H2,1-3H3,(H,20,22)/t14-,17-/m0/s1. The number of carbonyl (C=O) groups is 2. The normalized spacial score (nSPS) is 20.3. The van der Waals surface area contributed by atoms with Gasteiger partial charge in [-0.1, -0.05) is 25.8 Å². The van der Waals surface area contributed by atoms with E-state index in [4.69, 9.17) is 4.74 Å². The fourth-order valence-corrected chi connectivity index (χ4v) is 4.46. The molecule has 1 saturated carbocycles. The smallest absolute Gasteiger partial charge is 0.338 e. The first-order valence-electron chi connectivity index (χ1n) is 9.28. The molecule has 1 aromatic rings. The summed E-state index contributed by atoms with van der Waals surface area (Å²) >= 11 is 0. The number of hydrogen-bond acceptors (Lipinski definition) is 5. The number of hydrogen-bond donors (Lipinski definition) is 2. The maximum absolute atomic E-state index is 12.2. The van der Waals surface area contributed by atoms with Gasteiger partial charge < -0.3 is 10.1 Å². The van der Waals surface area contributed by atoms with Crippen LogP contribution in [0.4, 0.5) is 0 Å². The van der Waals surface area contributed by atoms with E-state index in [1.165, 1.54) is 30.7 Å². The number of carbonyl (C=O) groups excluding carboxylic acids is 2. The summed E-state index contributed by atoms with van der Waals surface area (Å²) in [5, 5.41) is 2.91. The summed E-state index contributed by atoms with van der Waals surface area (Å²) in [5.41, 5.74) is 0.0838. The Bertz CT molecular complexity index is 776. The van der Waals surface area contributed by atoms with E-state index >= 15 is 0 Å². The van der Waals surface area contributed by atoms with Crippen LogP contribution < -0.4 is 10.0 Å². The third-order valence-electron chi connectivity index (χ3n) is 4.56. The zero-order chi connectivity index (χ0) is 20.0. The van der Waals surface area contributed by atoms with Gasteiger partial charge >= 0.3 is 5.97 Å². The molecule has 0 spiro atoms. The predicted octanol–water partition coefficient (Wildman–Crippen LogP) is 2.22. The van der Waals surface area contributed by atoms with Crippen LogP contribution in [0.5, 0.6) is 0 Å². The molecule has 1 aromatic carbocycles. The molecule has 1 aliphatic carbocycles. The number of benzene rings is 1. The van der Waals surface area contributed by atoms with Crippen LogP contribution in [-0.4, -0.2) is 39.0 Å². The third kappa shape index (κ3) is 6.32. The van der Waals surface area contributed by atoms with Gasteiger partial charge in [-0.2, -0.15) is 0 Å². The molecule has 2 N–H and O–H groups in total. The molecule has 27 heavy (non-hydrogen) atoms. The summed E-state index contributed by atoms with van der Waals surface area (Å²) in [6, 6.07) is 5.41. The minimum atomic E-state index is -3.71. The van der Waals surface area contributed by atoms with Crippen molar-refractivity contribution in [3.8, 4) is 0 Å². The van der Waals surface area contributed by atoms with E-state index in [0.717, 1.165) is 19.3 Å². The predicted molar refractivity (Wildman–Crippen MR) is 102 cm³/mol. The number of ether oxygens (including phenoxy) is 1. The molecular weight excluding hydrogens is 368 g/mol. The highest BCUT2D eigenvalue weighted by Crippen LogP contribution is 2.23. The van der Waals surface area contributed by atoms with Gasteiger partial charge in [0.05, 0.1) is 10.5 Å². The van der Waals surface area contributed by atoms with Gasteiger partial charge in [-0.05, 0) is 50.8 Å². The van der Waals surface area contributed by atoms with Gasteiger partial charge in [-0.3, -0.25) is 4.79 Å². The van der Waals surface area contributed by atoms with Crippen molar-refractivity contribution >= 4 is 21.9 Å². The molecular formula is C19H28N2O5S. The number of esters is 1. The maximum Gasteiger partial charge on any atom is 0.338 e. The molecule has 7 nitrogen and oxygen atoms in total. The van der Waals surface area contributed by atoms with E-state index in [-0.39, 0.29) is 35.1 Å². The van der Waals surface area contributed by atoms with Crippen molar-refractivity contribution < 1.29 is 22.7 Å². The summed E-state index contributed by atoms with van der Waals surface area (Å²) in [4.78, 5) is 24.2. The molecule has 2 atom stereocenters. The topological polar surface area (TPSA) is 102 Å². The SMILES string of the molecule is CC(C)NS(=O)(=O)c1cccc(C(=O)OCC(=O)N[C@H]2CCCC[C@@H]2C)c1. The Hall–Kier alpha value is -1.93. The molecule has 0 unspecified atom stereocenters. The molecule has 0 saturated heterocycles. The molecule has 1 amide bonds. The summed E-state index contributed by atoms with van der Waals surface area (Å²) < 4.78 is 31.9. The van der Waals surface area contributed by atoms with Gasteiger partial charge in [0.15, 0.2) is 6.61 Å². The fourth-order valence-electron chi connectivity index (χ4n) is 3.16. The van der Waals surface area contributed by atoms with Crippen molar-refractivity contribution in [1.29, 1.82) is 0 Å². The molecule has 0 heterocycles. The van der Waals surface area contributed by atoms with Crippen molar-refractivity contribution in [3.63, 3.8) is 0 Å². The first-order valence-corrected chi connectivity index (χ1v) is 10.8. The minimum Gasteiger partial charge on any atom is -0.452 e. The Morgan fingerprint density at radius 2 is 1.93 bits per heavy atom. The first-order chi connectivity index (χ1) is 12.7. The van der Waals surface area contributed by atoms with Crippen LogP contribution in [0.3, 0.4) is 0 Å². The minimum absolute atomic E-state index is 0.0221. The molecule has 150 valence electrons. The molecule has 0 aromatic heterocycles. The van der Waals surface area contributed by atoms with Crippen LogP contribution in [0.25, 0.3) is 0 Å². The van der Waals surface area contributed by atoms with E-state index in [9.17, 15) is 18.0 Å². The van der Waals surface area contributed by atoms with E-state index in [0.29, 0.717) is 5.92 Å². The van der Waals surface area contributed by atoms with E-state index in [2.05, 4.69) is 17.0 Å². The fraction of sp³-hybridized carbons (Fsp3) is 0.579. The number of amides is 1. The van der Waals surface area contributed by atoms with E-state index in [1.54, 1.807) is 13.8 Å². The van der Waals surface area contributed by atoms with Gasteiger partial charge in [0.1, 0.15) is 0 Å². The lowest BCUT2D eigenvalue weighted by Crippen LogP contribution is -2.42. The second-order valence-electron chi connectivity index (χ2n) is 7.32. The molecule has 0 aliphatic heterocycles. The van der Waals surface area contributed by atoms with Crippen molar-refractivity contribution in [2.75, 3.05) is 6.61 Å². The second-order valence-corrected chi connectivity index (χ2v) is 9.03. The molecule has 0 bridgehead atoms. The Balaban J connectivity index is 1.94. The zero-order valence-electron chi connectivity index (χ0n) is 16.0. The van der Waals surface area contributed by atoms with Crippen LogP contribution >= 0.6 is 0 Å². The average Bonchev–Trinajstić information content (AvgIpc) is 2.61. The number of nitrogens with one attached hydrogen (secondary N) is 2. The summed E-state index contributed by atoms with van der Waals surface area (Å²) in [7, 11) is -3.71. The van der Waals surface area contributed by atoms with Gasteiger partial charge in [0.25, 0.3) is 5.91 Å². The zero-order valence-corrected chi connectivity index (χ0v) is 16.8. The van der Waals surface area contributed by atoms with Crippen LogP contribution in [0.15, 0.2) is 29.2 Å². The van der Waals surface area contributed by atoms with Gasteiger partial charge in [0.2, 0.25) is 10.0 Å². The first kappa shape index (κ1) is 21.4. The Morgan fingerprint density at radius 1 is 1.22 bits per heavy atom.